The molecular weight excluding hydrogens is 220 g/mol. The Balaban J connectivity index is 2.03. The van der Waals surface area contributed by atoms with Crippen LogP contribution in [0, 0.1) is 0 Å². The zero-order valence-electron chi connectivity index (χ0n) is 11.8. The molecule has 1 aliphatic rings. The summed E-state index contributed by atoms with van der Waals surface area (Å²) < 4.78 is 0. The first-order valence-electron chi connectivity index (χ1n) is 7.41. The predicted molar refractivity (Wildman–Crippen MR) is 79.3 cm³/mol. The minimum Gasteiger partial charge on any atom is -0.368 e. The molecule has 1 heterocycles. The van der Waals surface area contributed by atoms with Crippen molar-refractivity contribution < 1.29 is 0 Å². The zero-order valence-corrected chi connectivity index (χ0v) is 11.8. The molecule has 1 aromatic rings. The van der Waals surface area contributed by atoms with Crippen LogP contribution in [-0.4, -0.2) is 25.7 Å². The van der Waals surface area contributed by atoms with Crippen molar-refractivity contribution in [2.75, 3.05) is 24.5 Å². The third-order valence-electron chi connectivity index (χ3n) is 3.87. The van der Waals surface area contributed by atoms with Gasteiger partial charge < -0.3 is 10.2 Å². The van der Waals surface area contributed by atoms with E-state index in [1.807, 2.05) is 0 Å². The number of nitrogens with one attached hydrogen (secondary N) is 1. The van der Waals surface area contributed by atoms with E-state index >= 15 is 0 Å². The van der Waals surface area contributed by atoms with Gasteiger partial charge in [-0.05, 0) is 24.5 Å². The van der Waals surface area contributed by atoms with Gasteiger partial charge in [0.1, 0.15) is 0 Å². The van der Waals surface area contributed by atoms with Crippen LogP contribution < -0.4 is 10.2 Å². The van der Waals surface area contributed by atoms with Crippen molar-refractivity contribution in [2.45, 2.75) is 45.6 Å². The van der Waals surface area contributed by atoms with Crippen LogP contribution in [0.2, 0.25) is 0 Å². The average Bonchev–Trinajstić information content (AvgIpc) is 2.45. The number of rotatable bonds is 5. The molecule has 0 amide bonds. The van der Waals surface area contributed by atoms with Crippen LogP contribution in [0.15, 0.2) is 24.3 Å². The molecule has 1 saturated heterocycles. The molecule has 100 valence electrons. The second kappa shape index (κ2) is 6.79. The van der Waals surface area contributed by atoms with Crippen LogP contribution in [0.5, 0.6) is 0 Å². The lowest BCUT2D eigenvalue weighted by Crippen LogP contribution is -2.50. The Bertz CT molecular complexity index is 362. The maximum absolute atomic E-state index is 3.65. The third kappa shape index (κ3) is 3.26. The maximum atomic E-state index is 3.65. The molecule has 1 aliphatic heterocycles. The van der Waals surface area contributed by atoms with E-state index in [1.165, 1.54) is 30.5 Å². The van der Waals surface area contributed by atoms with Crippen LogP contribution in [0.25, 0.3) is 0 Å². The minimum absolute atomic E-state index is 0.670. The van der Waals surface area contributed by atoms with Gasteiger partial charge in [-0.25, -0.2) is 0 Å². The Labute approximate surface area is 111 Å². The zero-order chi connectivity index (χ0) is 12.8. The Morgan fingerprint density at radius 2 is 2.11 bits per heavy atom. The Morgan fingerprint density at radius 1 is 1.28 bits per heavy atom. The van der Waals surface area contributed by atoms with Gasteiger partial charge in [0.2, 0.25) is 0 Å². The number of para-hydroxylation sites is 1. The van der Waals surface area contributed by atoms with Crippen molar-refractivity contribution in [3.8, 4) is 0 Å². The van der Waals surface area contributed by atoms with Gasteiger partial charge in [0.25, 0.3) is 0 Å². The van der Waals surface area contributed by atoms with E-state index in [9.17, 15) is 0 Å². The molecule has 1 N–H and O–H groups in total. The molecule has 0 radical (unpaired) electrons. The highest BCUT2D eigenvalue weighted by Crippen LogP contribution is 2.22. The number of benzene rings is 1. The fourth-order valence-electron chi connectivity index (χ4n) is 2.81. The summed E-state index contributed by atoms with van der Waals surface area (Å²) in [5, 5.41) is 3.65. The normalized spacial score (nSPS) is 20.1. The number of piperazine rings is 1. The molecule has 0 spiro atoms. The largest absolute Gasteiger partial charge is 0.368 e. The average molecular weight is 246 g/mol. The van der Waals surface area contributed by atoms with Crippen LogP contribution in [0.4, 0.5) is 5.69 Å². The number of nitrogens with zero attached hydrogens (tertiary/aromatic N) is 1. The van der Waals surface area contributed by atoms with E-state index in [-0.39, 0.29) is 0 Å². The number of hydrogen-bond donors (Lipinski definition) is 1. The third-order valence-corrected chi connectivity index (χ3v) is 3.87. The number of unbranched alkanes of at least 4 members (excludes halogenated alkanes) is 1. The van der Waals surface area contributed by atoms with Gasteiger partial charge >= 0.3 is 0 Å². The van der Waals surface area contributed by atoms with Crippen molar-refractivity contribution in [1.82, 2.24) is 5.32 Å². The van der Waals surface area contributed by atoms with Gasteiger partial charge in [-0.2, -0.15) is 0 Å². The first-order valence-corrected chi connectivity index (χ1v) is 7.41. The van der Waals surface area contributed by atoms with Crippen molar-refractivity contribution in [2.24, 2.45) is 0 Å². The first kappa shape index (κ1) is 13.4. The van der Waals surface area contributed by atoms with Gasteiger partial charge in [0.05, 0.1) is 0 Å². The minimum atomic E-state index is 0.670. The quantitative estimate of drug-likeness (QED) is 0.858. The molecule has 1 atom stereocenters. The van der Waals surface area contributed by atoms with Gasteiger partial charge in [-0.15, -0.1) is 0 Å². The van der Waals surface area contributed by atoms with Crippen LogP contribution in [0.3, 0.4) is 0 Å². The van der Waals surface area contributed by atoms with E-state index in [0.717, 1.165) is 26.1 Å². The van der Waals surface area contributed by atoms with Crippen molar-refractivity contribution >= 4 is 5.69 Å². The molecule has 1 unspecified atom stereocenters. The molecule has 0 aromatic heterocycles. The molecule has 1 fully saturated rings. The Hall–Kier alpha value is -1.02. The van der Waals surface area contributed by atoms with Gasteiger partial charge in [0.15, 0.2) is 0 Å². The summed E-state index contributed by atoms with van der Waals surface area (Å²) >= 11 is 0. The summed E-state index contributed by atoms with van der Waals surface area (Å²) in [5.41, 5.74) is 2.93. The molecule has 0 bridgehead atoms. The lowest BCUT2D eigenvalue weighted by molar-refractivity contribution is 0.423. The maximum Gasteiger partial charge on any atom is 0.0399 e. The lowest BCUT2D eigenvalue weighted by Gasteiger charge is -2.36. The number of anilines is 1. The number of hydrogen-bond acceptors (Lipinski definition) is 2. The molecule has 1 aromatic carbocycles. The van der Waals surface area contributed by atoms with E-state index in [4.69, 9.17) is 0 Å². The molecule has 0 saturated carbocycles. The monoisotopic (exact) mass is 246 g/mol. The Morgan fingerprint density at radius 3 is 2.89 bits per heavy atom. The summed E-state index contributed by atoms with van der Waals surface area (Å²) in [6.07, 6.45) is 5.06. The van der Waals surface area contributed by atoms with Gasteiger partial charge in [-0.1, -0.05) is 44.9 Å². The summed E-state index contributed by atoms with van der Waals surface area (Å²) in [5.74, 6) is 0. The smallest absolute Gasteiger partial charge is 0.0399 e. The predicted octanol–water partition coefficient (Wildman–Crippen LogP) is 3.22. The second-order valence-electron chi connectivity index (χ2n) is 5.22. The van der Waals surface area contributed by atoms with Crippen molar-refractivity contribution in [3.63, 3.8) is 0 Å². The second-order valence-corrected chi connectivity index (χ2v) is 5.22. The standard InChI is InChI=1S/C16H26N2/c1-3-5-9-15-13-18(12-11-17-15)16-10-7-6-8-14(16)4-2/h6-8,10,15,17H,3-5,9,11-13H2,1-2H3. The Kier molecular flexibility index (Phi) is 5.06. The van der Waals surface area contributed by atoms with E-state index < -0.39 is 0 Å². The fourth-order valence-corrected chi connectivity index (χ4v) is 2.81. The summed E-state index contributed by atoms with van der Waals surface area (Å²) in [6, 6.07) is 9.53. The number of aryl methyl sites for hydroxylation is 1. The summed E-state index contributed by atoms with van der Waals surface area (Å²) in [7, 11) is 0. The first-order chi connectivity index (χ1) is 8.85. The lowest BCUT2D eigenvalue weighted by atomic mass is 10.0. The van der Waals surface area contributed by atoms with Crippen molar-refractivity contribution in [3.05, 3.63) is 29.8 Å². The van der Waals surface area contributed by atoms with E-state index in [2.05, 4.69) is 48.3 Å². The van der Waals surface area contributed by atoms with Crippen LogP contribution >= 0.6 is 0 Å². The fraction of sp³-hybridized carbons (Fsp3) is 0.625. The van der Waals surface area contributed by atoms with E-state index in [0.29, 0.717) is 6.04 Å². The van der Waals surface area contributed by atoms with E-state index in [1.54, 1.807) is 0 Å². The molecule has 0 aliphatic carbocycles. The van der Waals surface area contributed by atoms with Crippen LogP contribution in [-0.2, 0) is 6.42 Å². The molecule has 2 nitrogen and oxygen atoms in total. The highest BCUT2D eigenvalue weighted by atomic mass is 15.2. The van der Waals surface area contributed by atoms with Crippen molar-refractivity contribution in [1.29, 1.82) is 0 Å². The summed E-state index contributed by atoms with van der Waals surface area (Å²) in [4.78, 5) is 2.57. The molecular formula is C16H26N2. The van der Waals surface area contributed by atoms with Crippen LogP contribution in [0.1, 0.15) is 38.7 Å². The molecule has 2 heteroatoms. The van der Waals surface area contributed by atoms with Gasteiger partial charge in [0, 0.05) is 31.4 Å². The molecule has 2 rings (SSSR count). The topological polar surface area (TPSA) is 15.3 Å². The van der Waals surface area contributed by atoms with Gasteiger partial charge in [-0.3, -0.25) is 0 Å². The highest BCUT2D eigenvalue weighted by molar-refractivity contribution is 5.54. The highest BCUT2D eigenvalue weighted by Gasteiger charge is 2.20. The SMILES string of the molecule is CCCCC1CN(c2ccccc2CC)CCN1. The summed E-state index contributed by atoms with van der Waals surface area (Å²) in [6.45, 7) is 7.94. The molecule has 18 heavy (non-hydrogen) atoms.